The van der Waals surface area contributed by atoms with Crippen LogP contribution >= 0.6 is 11.3 Å². The van der Waals surface area contributed by atoms with Crippen LogP contribution in [0.4, 0.5) is 0 Å². The summed E-state index contributed by atoms with van der Waals surface area (Å²) in [4.78, 5) is 9.43. The molecule has 8 rings (SSSR count). The Morgan fingerprint density at radius 2 is 1.27 bits per heavy atom. The molecule has 0 fully saturated rings. The van der Waals surface area contributed by atoms with E-state index >= 15 is 0 Å². The number of benzene rings is 5. The Bertz CT molecular complexity index is 2160. The van der Waals surface area contributed by atoms with Crippen LogP contribution in [0.15, 0.2) is 122 Å². The maximum absolute atomic E-state index is 4.85. The third-order valence-electron chi connectivity index (χ3n) is 7.31. The number of fused-ring (bicyclic) bond motifs is 7. The van der Waals surface area contributed by atoms with E-state index in [0.29, 0.717) is 0 Å². The minimum atomic E-state index is 0.947. The normalized spacial score (nSPS) is 11.8. The number of hydrogen-bond acceptors (Lipinski definition) is 3. The number of pyridine rings is 2. The van der Waals surface area contributed by atoms with Crippen LogP contribution in [-0.2, 0) is 0 Å². The zero-order valence-electron chi connectivity index (χ0n) is 19.8. The quantitative estimate of drug-likeness (QED) is 0.226. The van der Waals surface area contributed by atoms with E-state index in [4.69, 9.17) is 4.98 Å². The molecule has 8 aromatic rings. The molecule has 0 radical (unpaired) electrons. The van der Waals surface area contributed by atoms with Crippen molar-refractivity contribution in [1.82, 2.24) is 9.97 Å². The van der Waals surface area contributed by atoms with Gasteiger partial charge in [0.1, 0.15) is 0 Å². The van der Waals surface area contributed by atoms with Crippen molar-refractivity contribution in [3.8, 4) is 22.3 Å². The molecule has 0 atom stereocenters. The van der Waals surface area contributed by atoms with Crippen molar-refractivity contribution in [2.45, 2.75) is 0 Å². The highest BCUT2D eigenvalue weighted by Gasteiger charge is 2.13. The molecule has 172 valence electrons. The Hall–Kier alpha value is -4.60. The third kappa shape index (κ3) is 3.25. The summed E-state index contributed by atoms with van der Waals surface area (Å²) in [6.45, 7) is 0. The Labute approximate surface area is 217 Å². The maximum atomic E-state index is 4.85. The van der Waals surface area contributed by atoms with Gasteiger partial charge in [0.15, 0.2) is 0 Å². The van der Waals surface area contributed by atoms with E-state index < -0.39 is 0 Å². The summed E-state index contributed by atoms with van der Waals surface area (Å²) in [5, 5.41) is 7.37. The van der Waals surface area contributed by atoms with Gasteiger partial charge in [-0.2, -0.15) is 0 Å². The lowest BCUT2D eigenvalue weighted by molar-refractivity contribution is 1.37. The standard InChI is InChI=1S/C34H20N2S/c1-2-6-23-17-25(12-10-21(23)5-1)28-8-3-9-31-32(28)29-19-24(14-15-30(29)37-31)27-18-26-13-11-22-7-4-16-35-33(22)34(26)36-20-27/h1-20H. The lowest BCUT2D eigenvalue weighted by Crippen LogP contribution is -1.87. The van der Waals surface area contributed by atoms with Crippen molar-refractivity contribution >= 4 is 64.1 Å². The summed E-state index contributed by atoms with van der Waals surface area (Å²) in [5.74, 6) is 0. The highest BCUT2D eigenvalue weighted by atomic mass is 32.1. The maximum Gasteiger partial charge on any atom is 0.0964 e. The fourth-order valence-electron chi connectivity index (χ4n) is 5.50. The Morgan fingerprint density at radius 3 is 2.24 bits per heavy atom. The van der Waals surface area contributed by atoms with Gasteiger partial charge < -0.3 is 0 Å². The highest BCUT2D eigenvalue weighted by molar-refractivity contribution is 7.26. The van der Waals surface area contributed by atoms with Crippen LogP contribution in [0.5, 0.6) is 0 Å². The smallest absolute Gasteiger partial charge is 0.0964 e. The second kappa shape index (κ2) is 7.95. The van der Waals surface area contributed by atoms with Gasteiger partial charge in [0.05, 0.1) is 11.0 Å². The second-order valence-corrected chi connectivity index (χ2v) is 10.6. The summed E-state index contributed by atoms with van der Waals surface area (Å²) in [7, 11) is 0. The molecule has 0 aliphatic carbocycles. The molecular weight excluding hydrogens is 468 g/mol. The summed E-state index contributed by atoms with van der Waals surface area (Å²) >= 11 is 1.86. The number of rotatable bonds is 2. The predicted molar refractivity (Wildman–Crippen MR) is 158 cm³/mol. The fourth-order valence-corrected chi connectivity index (χ4v) is 6.61. The molecule has 2 nitrogen and oxygen atoms in total. The molecular formula is C34H20N2S. The van der Waals surface area contributed by atoms with E-state index in [1.807, 2.05) is 29.8 Å². The van der Waals surface area contributed by atoms with E-state index in [0.717, 1.165) is 27.4 Å². The second-order valence-electron chi connectivity index (χ2n) is 9.49. The van der Waals surface area contributed by atoms with Crippen molar-refractivity contribution in [1.29, 1.82) is 0 Å². The largest absolute Gasteiger partial charge is 0.254 e. The lowest BCUT2D eigenvalue weighted by Gasteiger charge is -2.08. The molecule has 0 N–H and O–H groups in total. The first-order valence-electron chi connectivity index (χ1n) is 12.4. The van der Waals surface area contributed by atoms with Gasteiger partial charge in [0.25, 0.3) is 0 Å². The molecule has 0 bridgehead atoms. The molecule has 3 heteroatoms. The molecule has 0 spiro atoms. The molecule has 3 aromatic heterocycles. The van der Waals surface area contributed by atoms with E-state index in [1.54, 1.807) is 0 Å². The van der Waals surface area contributed by atoms with Crippen molar-refractivity contribution in [2.24, 2.45) is 0 Å². The SMILES string of the molecule is c1ccc2cc(-c3cccc4sc5ccc(-c6cnc7c(ccc8cccnc87)c6)cc5c34)ccc2c1. The number of nitrogens with zero attached hydrogens (tertiary/aromatic N) is 2. The van der Waals surface area contributed by atoms with Crippen LogP contribution in [0.2, 0.25) is 0 Å². The predicted octanol–water partition coefficient (Wildman–Crippen LogP) is 9.64. The zero-order chi connectivity index (χ0) is 24.3. The first-order valence-corrected chi connectivity index (χ1v) is 13.2. The van der Waals surface area contributed by atoms with E-state index in [9.17, 15) is 0 Å². The average Bonchev–Trinajstić information content (AvgIpc) is 3.34. The number of thiophene rings is 1. The Morgan fingerprint density at radius 1 is 0.486 bits per heavy atom. The lowest BCUT2D eigenvalue weighted by atomic mass is 9.96. The molecule has 0 saturated carbocycles. The van der Waals surface area contributed by atoms with Crippen LogP contribution in [-0.4, -0.2) is 9.97 Å². The minimum absolute atomic E-state index is 0.947. The van der Waals surface area contributed by atoms with Crippen molar-refractivity contribution in [3.05, 3.63) is 122 Å². The van der Waals surface area contributed by atoms with Crippen LogP contribution in [0.1, 0.15) is 0 Å². The summed E-state index contributed by atoms with van der Waals surface area (Å²) in [6.07, 6.45) is 3.82. The van der Waals surface area contributed by atoms with Gasteiger partial charge in [-0.05, 0) is 63.9 Å². The topological polar surface area (TPSA) is 25.8 Å². The van der Waals surface area contributed by atoms with Crippen molar-refractivity contribution in [3.63, 3.8) is 0 Å². The molecule has 0 aliphatic heterocycles. The molecule has 0 aliphatic rings. The molecule has 37 heavy (non-hydrogen) atoms. The summed E-state index contributed by atoms with van der Waals surface area (Å²) in [6, 6.07) is 39.4. The van der Waals surface area contributed by atoms with Gasteiger partial charge in [0, 0.05) is 48.9 Å². The van der Waals surface area contributed by atoms with E-state index in [1.165, 1.54) is 47.6 Å². The third-order valence-corrected chi connectivity index (χ3v) is 8.45. The van der Waals surface area contributed by atoms with Gasteiger partial charge in [-0.25, -0.2) is 0 Å². The van der Waals surface area contributed by atoms with Crippen LogP contribution in [0.25, 0.3) is 75.0 Å². The van der Waals surface area contributed by atoms with Gasteiger partial charge in [-0.3, -0.25) is 9.97 Å². The minimum Gasteiger partial charge on any atom is -0.254 e. The first-order chi connectivity index (χ1) is 18.3. The van der Waals surface area contributed by atoms with Gasteiger partial charge in [-0.15, -0.1) is 11.3 Å². The molecule has 0 unspecified atom stereocenters. The van der Waals surface area contributed by atoms with Crippen LogP contribution in [0.3, 0.4) is 0 Å². The highest BCUT2D eigenvalue weighted by Crippen LogP contribution is 2.42. The van der Waals surface area contributed by atoms with Gasteiger partial charge >= 0.3 is 0 Å². The van der Waals surface area contributed by atoms with Crippen LogP contribution in [0, 0.1) is 0 Å². The number of hydrogen-bond donors (Lipinski definition) is 0. The molecule has 0 amide bonds. The number of aromatic nitrogens is 2. The summed E-state index contributed by atoms with van der Waals surface area (Å²) < 4.78 is 2.61. The van der Waals surface area contributed by atoms with Gasteiger partial charge in [0.2, 0.25) is 0 Å². The average molecular weight is 489 g/mol. The van der Waals surface area contributed by atoms with Gasteiger partial charge in [-0.1, -0.05) is 72.8 Å². The Kier molecular flexibility index (Phi) is 4.42. The molecule has 5 aromatic carbocycles. The van der Waals surface area contributed by atoms with Crippen molar-refractivity contribution in [2.75, 3.05) is 0 Å². The molecule has 0 saturated heterocycles. The molecule has 3 heterocycles. The van der Waals surface area contributed by atoms with Crippen molar-refractivity contribution < 1.29 is 0 Å². The zero-order valence-corrected chi connectivity index (χ0v) is 20.7. The Balaban J connectivity index is 1.33. The first kappa shape index (κ1) is 20.6. The van der Waals surface area contributed by atoms with Crippen LogP contribution < -0.4 is 0 Å². The fraction of sp³-hybridized carbons (Fsp3) is 0. The monoisotopic (exact) mass is 488 g/mol. The van der Waals surface area contributed by atoms with E-state index in [-0.39, 0.29) is 0 Å². The van der Waals surface area contributed by atoms with E-state index in [2.05, 4.69) is 108 Å². The summed E-state index contributed by atoms with van der Waals surface area (Å²) in [5.41, 5.74) is 6.72.